The van der Waals surface area contributed by atoms with Crippen LogP contribution < -0.4 is 5.32 Å². The molecule has 1 heterocycles. The van der Waals surface area contributed by atoms with E-state index in [2.05, 4.69) is 10.3 Å². The van der Waals surface area contributed by atoms with E-state index in [1.165, 1.54) is 0 Å². The van der Waals surface area contributed by atoms with Gasteiger partial charge in [0.1, 0.15) is 0 Å². The molecule has 1 aliphatic heterocycles. The Hall–Kier alpha value is -1.97. The van der Waals surface area contributed by atoms with Gasteiger partial charge in [0, 0.05) is 0 Å². The number of carbonyl (C=O) groups excluding carboxylic acids is 2. The first kappa shape index (κ1) is 8.62. The number of nitrogens with one attached hydrogen (secondary N) is 1. The summed E-state index contributed by atoms with van der Waals surface area (Å²) in [4.78, 5) is 25.7. The van der Waals surface area contributed by atoms with Gasteiger partial charge in [-0.25, -0.2) is 4.79 Å². The molecule has 4 heteroatoms. The molecule has 0 saturated heterocycles. The maximum absolute atomic E-state index is 11.0. The van der Waals surface area contributed by atoms with Gasteiger partial charge in [0.05, 0.1) is 12.1 Å². The van der Waals surface area contributed by atoms with Gasteiger partial charge in [-0.15, -0.1) is 0 Å². The van der Waals surface area contributed by atoms with Crippen LogP contribution in [0.15, 0.2) is 35.3 Å². The summed E-state index contributed by atoms with van der Waals surface area (Å²) in [5.41, 5.74) is 1.34. The van der Waals surface area contributed by atoms with Crippen molar-refractivity contribution in [2.45, 2.75) is 6.42 Å². The third-order valence-electron chi connectivity index (χ3n) is 1.92. The molecule has 0 spiro atoms. The molecule has 1 aromatic carbocycles. The Morgan fingerprint density at radius 1 is 1.14 bits per heavy atom. The fraction of sp³-hybridized carbons (Fsp3) is 0.100. The highest BCUT2D eigenvalue weighted by molar-refractivity contribution is 6.20. The van der Waals surface area contributed by atoms with Crippen LogP contribution in [0.4, 0.5) is 4.79 Å². The largest absolute Gasteiger partial charge is 0.347 e. The zero-order valence-electron chi connectivity index (χ0n) is 7.36. The standard InChI is InChI=1S/C10H8N2O2/c13-9-6-8(11-10(14)12-9)7-4-2-1-3-5-7/h1-5H,6H2,(H,12,13,14). The van der Waals surface area contributed by atoms with Crippen molar-refractivity contribution >= 4 is 17.6 Å². The maximum Gasteiger partial charge on any atom is 0.347 e. The predicted octanol–water partition coefficient (Wildman–Crippen LogP) is 1.12. The molecule has 0 radical (unpaired) electrons. The van der Waals surface area contributed by atoms with Crippen molar-refractivity contribution in [2.75, 3.05) is 0 Å². The lowest BCUT2D eigenvalue weighted by atomic mass is 10.1. The molecule has 1 aromatic rings. The summed E-state index contributed by atoms with van der Waals surface area (Å²) in [6, 6.07) is 8.62. The second kappa shape index (κ2) is 3.41. The van der Waals surface area contributed by atoms with Crippen LogP contribution in [0, 0.1) is 0 Å². The Bertz CT molecular complexity index is 409. The molecular weight excluding hydrogens is 180 g/mol. The Morgan fingerprint density at radius 2 is 1.86 bits per heavy atom. The number of carbonyl (C=O) groups is 2. The van der Waals surface area contributed by atoms with Crippen LogP contribution in [-0.2, 0) is 4.79 Å². The van der Waals surface area contributed by atoms with E-state index >= 15 is 0 Å². The first-order chi connectivity index (χ1) is 6.75. The van der Waals surface area contributed by atoms with Crippen LogP contribution >= 0.6 is 0 Å². The molecule has 0 atom stereocenters. The number of aliphatic imine (C=N–C) groups is 1. The average molecular weight is 188 g/mol. The molecule has 14 heavy (non-hydrogen) atoms. The van der Waals surface area contributed by atoms with Gasteiger partial charge in [-0.1, -0.05) is 30.3 Å². The van der Waals surface area contributed by atoms with Crippen molar-refractivity contribution in [3.63, 3.8) is 0 Å². The highest BCUT2D eigenvalue weighted by atomic mass is 16.2. The molecular formula is C10H8N2O2. The average Bonchev–Trinajstić information content (AvgIpc) is 2.18. The van der Waals surface area contributed by atoms with Crippen LogP contribution in [0.5, 0.6) is 0 Å². The van der Waals surface area contributed by atoms with E-state index in [-0.39, 0.29) is 12.3 Å². The highest BCUT2D eigenvalue weighted by Crippen LogP contribution is 2.07. The predicted molar refractivity (Wildman–Crippen MR) is 51.1 cm³/mol. The molecule has 4 nitrogen and oxygen atoms in total. The zero-order valence-corrected chi connectivity index (χ0v) is 7.36. The quantitative estimate of drug-likeness (QED) is 0.717. The second-order valence-corrected chi connectivity index (χ2v) is 2.95. The number of rotatable bonds is 1. The van der Waals surface area contributed by atoms with E-state index < -0.39 is 6.03 Å². The Kier molecular flexibility index (Phi) is 2.10. The normalized spacial score (nSPS) is 16.1. The molecule has 70 valence electrons. The molecule has 2 rings (SSSR count). The van der Waals surface area contributed by atoms with E-state index in [1.54, 1.807) is 0 Å². The summed E-state index contributed by atoms with van der Waals surface area (Å²) < 4.78 is 0. The molecule has 0 aliphatic carbocycles. The third kappa shape index (κ3) is 1.69. The fourth-order valence-electron chi connectivity index (χ4n) is 1.30. The molecule has 1 N–H and O–H groups in total. The Labute approximate surface area is 80.7 Å². The summed E-state index contributed by atoms with van der Waals surface area (Å²) >= 11 is 0. The third-order valence-corrected chi connectivity index (χ3v) is 1.92. The van der Waals surface area contributed by atoms with E-state index in [4.69, 9.17) is 0 Å². The molecule has 0 fully saturated rings. The number of amides is 3. The number of hydrogen-bond donors (Lipinski definition) is 1. The number of imide groups is 1. The van der Waals surface area contributed by atoms with Crippen molar-refractivity contribution in [1.29, 1.82) is 0 Å². The summed E-state index contributed by atoms with van der Waals surface area (Å²) in [6.07, 6.45) is 0.162. The Morgan fingerprint density at radius 3 is 2.50 bits per heavy atom. The summed E-state index contributed by atoms with van der Waals surface area (Å²) in [7, 11) is 0. The minimum atomic E-state index is -0.583. The minimum Gasteiger partial charge on any atom is -0.276 e. The molecule has 0 aromatic heterocycles. The van der Waals surface area contributed by atoms with Crippen molar-refractivity contribution < 1.29 is 9.59 Å². The van der Waals surface area contributed by atoms with Gasteiger partial charge < -0.3 is 0 Å². The van der Waals surface area contributed by atoms with Crippen molar-refractivity contribution in [3.05, 3.63) is 35.9 Å². The van der Waals surface area contributed by atoms with Crippen LogP contribution in [-0.4, -0.2) is 17.6 Å². The smallest absolute Gasteiger partial charge is 0.276 e. The van der Waals surface area contributed by atoms with Crippen molar-refractivity contribution in [2.24, 2.45) is 4.99 Å². The van der Waals surface area contributed by atoms with E-state index in [1.807, 2.05) is 30.3 Å². The van der Waals surface area contributed by atoms with Gasteiger partial charge in [-0.2, -0.15) is 4.99 Å². The fourth-order valence-corrected chi connectivity index (χ4v) is 1.30. The number of urea groups is 1. The highest BCUT2D eigenvalue weighted by Gasteiger charge is 2.18. The van der Waals surface area contributed by atoms with Crippen LogP contribution in [0.3, 0.4) is 0 Å². The van der Waals surface area contributed by atoms with Crippen LogP contribution in [0.2, 0.25) is 0 Å². The van der Waals surface area contributed by atoms with Gasteiger partial charge in [0.25, 0.3) is 0 Å². The topological polar surface area (TPSA) is 58.5 Å². The number of benzene rings is 1. The minimum absolute atomic E-state index is 0.162. The summed E-state index contributed by atoms with van der Waals surface area (Å²) in [6.45, 7) is 0. The molecule has 0 bridgehead atoms. The molecule has 3 amide bonds. The summed E-state index contributed by atoms with van der Waals surface area (Å²) in [5, 5.41) is 2.11. The summed E-state index contributed by atoms with van der Waals surface area (Å²) in [5.74, 6) is -0.302. The van der Waals surface area contributed by atoms with E-state index in [0.29, 0.717) is 5.71 Å². The lowest BCUT2D eigenvalue weighted by Crippen LogP contribution is -2.35. The van der Waals surface area contributed by atoms with E-state index in [9.17, 15) is 9.59 Å². The first-order valence-corrected chi connectivity index (χ1v) is 4.22. The van der Waals surface area contributed by atoms with Crippen LogP contribution in [0.25, 0.3) is 0 Å². The molecule has 1 aliphatic rings. The van der Waals surface area contributed by atoms with Gasteiger partial charge in [-0.3, -0.25) is 10.1 Å². The lowest BCUT2D eigenvalue weighted by Gasteiger charge is -2.10. The maximum atomic E-state index is 11.0. The lowest BCUT2D eigenvalue weighted by molar-refractivity contribution is -0.118. The van der Waals surface area contributed by atoms with Gasteiger partial charge in [0.15, 0.2) is 0 Å². The zero-order chi connectivity index (χ0) is 9.97. The molecule has 0 saturated carbocycles. The van der Waals surface area contributed by atoms with Crippen LogP contribution in [0.1, 0.15) is 12.0 Å². The van der Waals surface area contributed by atoms with Crippen molar-refractivity contribution in [1.82, 2.24) is 5.32 Å². The molecule has 0 unspecified atom stereocenters. The monoisotopic (exact) mass is 188 g/mol. The van der Waals surface area contributed by atoms with Crippen molar-refractivity contribution in [3.8, 4) is 0 Å². The van der Waals surface area contributed by atoms with Gasteiger partial charge >= 0.3 is 6.03 Å². The SMILES string of the molecule is O=C1CC(c2ccccc2)=NC(=O)N1. The second-order valence-electron chi connectivity index (χ2n) is 2.95. The first-order valence-electron chi connectivity index (χ1n) is 4.22. The van der Waals surface area contributed by atoms with E-state index in [0.717, 1.165) is 5.56 Å². The van der Waals surface area contributed by atoms with Gasteiger partial charge in [-0.05, 0) is 5.56 Å². The van der Waals surface area contributed by atoms with Gasteiger partial charge in [0.2, 0.25) is 5.91 Å². The Balaban J connectivity index is 2.35. The number of nitrogens with zero attached hydrogens (tertiary/aromatic N) is 1. The number of hydrogen-bond acceptors (Lipinski definition) is 2.